The maximum Gasteiger partial charge on any atom is 0.168 e. The van der Waals surface area contributed by atoms with Gasteiger partial charge in [0.05, 0.1) is 17.8 Å². The van der Waals surface area contributed by atoms with Gasteiger partial charge in [-0.15, -0.1) is 0 Å². The molecule has 0 atom stereocenters. The van der Waals surface area contributed by atoms with Gasteiger partial charge in [0.1, 0.15) is 17.3 Å². The number of nitrogens with two attached hydrogens (primary N) is 1. The zero-order chi connectivity index (χ0) is 14.0. The van der Waals surface area contributed by atoms with Crippen LogP contribution in [0, 0.1) is 11.6 Å². The normalized spacial score (nSPS) is 10.3. The lowest BCUT2D eigenvalue weighted by Gasteiger charge is -2.10. The number of benzene rings is 2. The molecule has 0 aromatic heterocycles. The van der Waals surface area contributed by atoms with Crippen molar-refractivity contribution in [2.45, 2.75) is 0 Å². The predicted octanol–water partition coefficient (Wildman–Crippen LogP) is 4.00. The molecule has 0 aliphatic heterocycles. The van der Waals surface area contributed by atoms with E-state index >= 15 is 0 Å². The third-order valence-corrected chi connectivity index (χ3v) is 2.71. The molecule has 0 aliphatic rings. The number of ether oxygens (including phenoxy) is 2. The first-order valence-electron chi connectivity index (χ1n) is 5.27. The van der Waals surface area contributed by atoms with Crippen LogP contribution in [0.4, 0.5) is 14.5 Å². The van der Waals surface area contributed by atoms with Gasteiger partial charge >= 0.3 is 0 Å². The number of anilines is 1. The van der Waals surface area contributed by atoms with Crippen molar-refractivity contribution in [2.75, 3.05) is 12.8 Å². The van der Waals surface area contributed by atoms with Crippen LogP contribution in [0.25, 0.3) is 0 Å². The highest BCUT2D eigenvalue weighted by atomic mass is 35.5. The van der Waals surface area contributed by atoms with Gasteiger partial charge in [-0.25, -0.2) is 8.78 Å². The number of halogens is 3. The summed E-state index contributed by atoms with van der Waals surface area (Å²) < 4.78 is 37.1. The van der Waals surface area contributed by atoms with Crippen LogP contribution in [0.3, 0.4) is 0 Å². The van der Waals surface area contributed by atoms with Crippen LogP contribution in [0.2, 0.25) is 5.02 Å². The Kier molecular flexibility index (Phi) is 3.76. The van der Waals surface area contributed by atoms with E-state index in [1.54, 1.807) is 0 Å². The Morgan fingerprint density at radius 3 is 2.42 bits per heavy atom. The Labute approximate surface area is 113 Å². The van der Waals surface area contributed by atoms with Gasteiger partial charge in [-0.3, -0.25) is 0 Å². The molecule has 2 rings (SSSR count). The minimum absolute atomic E-state index is 0.0392. The van der Waals surface area contributed by atoms with Gasteiger partial charge in [0, 0.05) is 18.2 Å². The molecule has 0 radical (unpaired) electrons. The Morgan fingerprint density at radius 2 is 1.79 bits per heavy atom. The molecule has 2 aromatic rings. The zero-order valence-corrected chi connectivity index (χ0v) is 10.7. The van der Waals surface area contributed by atoms with Crippen molar-refractivity contribution in [1.29, 1.82) is 0 Å². The number of hydrogen-bond donors (Lipinski definition) is 1. The summed E-state index contributed by atoms with van der Waals surface area (Å²) in [5, 5.41) is -0.0392. The lowest BCUT2D eigenvalue weighted by atomic mass is 10.2. The molecule has 0 aliphatic carbocycles. The molecule has 0 fully saturated rings. The molecule has 2 N–H and O–H groups in total. The van der Waals surface area contributed by atoms with E-state index in [0.29, 0.717) is 0 Å². The second kappa shape index (κ2) is 5.32. The third kappa shape index (κ3) is 2.88. The topological polar surface area (TPSA) is 44.5 Å². The molecular weight excluding hydrogens is 276 g/mol. The van der Waals surface area contributed by atoms with Crippen molar-refractivity contribution in [3.05, 3.63) is 47.0 Å². The largest absolute Gasteiger partial charge is 0.494 e. The van der Waals surface area contributed by atoms with Crippen molar-refractivity contribution in [2.24, 2.45) is 0 Å². The van der Waals surface area contributed by atoms with Crippen molar-refractivity contribution in [3.63, 3.8) is 0 Å². The molecule has 0 heterocycles. The highest BCUT2D eigenvalue weighted by Gasteiger charge is 2.11. The lowest BCUT2D eigenvalue weighted by Crippen LogP contribution is -1.96. The Balaban J connectivity index is 2.34. The van der Waals surface area contributed by atoms with E-state index < -0.39 is 11.6 Å². The quantitative estimate of drug-likeness (QED) is 0.867. The average molecular weight is 286 g/mol. The van der Waals surface area contributed by atoms with Gasteiger partial charge in [-0.1, -0.05) is 11.6 Å². The summed E-state index contributed by atoms with van der Waals surface area (Å²) >= 11 is 5.54. The van der Waals surface area contributed by atoms with Gasteiger partial charge in [0.25, 0.3) is 0 Å². The van der Waals surface area contributed by atoms with Crippen LogP contribution in [0.15, 0.2) is 30.3 Å². The second-order valence-electron chi connectivity index (χ2n) is 3.70. The number of hydrogen-bond acceptors (Lipinski definition) is 3. The molecule has 2 aromatic carbocycles. The molecule has 3 nitrogen and oxygen atoms in total. The van der Waals surface area contributed by atoms with E-state index in [9.17, 15) is 8.78 Å². The maximum atomic E-state index is 13.7. The summed E-state index contributed by atoms with van der Waals surface area (Å²) in [7, 11) is 1.40. The van der Waals surface area contributed by atoms with Crippen LogP contribution >= 0.6 is 11.6 Å². The zero-order valence-electron chi connectivity index (χ0n) is 9.91. The Bertz CT molecular complexity index is 620. The number of methoxy groups -OCH3 is 1. The fourth-order valence-corrected chi connectivity index (χ4v) is 1.59. The molecule has 0 amide bonds. The van der Waals surface area contributed by atoms with Crippen LogP contribution in [-0.2, 0) is 0 Å². The minimum Gasteiger partial charge on any atom is -0.494 e. The van der Waals surface area contributed by atoms with Crippen molar-refractivity contribution in [3.8, 4) is 17.2 Å². The van der Waals surface area contributed by atoms with E-state index in [2.05, 4.69) is 0 Å². The van der Waals surface area contributed by atoms with Gasteiger partial charge in [0.2, 0.25) is 0 Å². The van der Waals surface area contributed by atoms with Crippen molar-refractivity contribution >= 4 is 17.3 Å². The van der Waals surface area contributed by atoms with Crippen molar-refractivity contribution in [1.82, 2.24) is 0 Å². The van der Waals surface area contributed by atoms with Crippen LogP contribution < -0.4 is 15.2 Å². The highest BCUT2D eigenvalue weighted by Crippen LogP contribution is 2.33. The maximum absolute atomic E-state index is 13.7. The average Bonchev–Trinajstić information content (AvgIpc) is 2.37. The monoisotopic (exact) mass is 285 g/mol. The summed E-state index contributed by atoms with van der Waals surface area (Å²) in [5.41, 5.74) is 5.69. The van der Waals surface area contributed by atoms with E-state index in [0.717, 1.165) is 12.1 Å². The van der Waals surface area contributed by atoms with E-state index in [1.165, 1.54) is 25.3 Å². The van der Waals surface area contributed by atoms with Crippen molar-refractivity contribution < 1.29 is 18.3 Å². The summed E-state index contributed by atoms with van der Waals surface area (Å²) in [6.07, 6.45) is 0. The predicted molar refractivity (Wildman–Crippen MR) is 68.8 cm³/mol. The van der Waals surface area contributed by atoms with E-state index in [1.807, 2.05) is 0 Å². The van der Waals surface area contributed by atoms with Gasteiger partial charge < -0.3 is 15.2 Å². The Morgan fingerprint density at radius 1 is 1.05 bits per heavy atom. The number of rotatable bonds is 3. The molecule has 0 bridgehead atoms. The van der Waals surface area contributed by atoms with Gasteiger partial charge in [0.15, 0.2) is 11.6 Å². The molecule has 0 spiro atoms. The molecular formula is C13H10ClF2NO2. The summed E-state index contributed by atoms with van der Waals surface area (Å²) in [5.74, 6) is -1.05. The molecule has 100 valence electrons. The molecule has 6 heteroatoms. The van der Waals surface area contributed by atoms with Crippen LogP contribution in [-0.4, -0.2) is 7.11 Å². The molecule has 19 heavy (non-hydrogen) atoms. The lowest BCUT2D eigenvalue weighted by molar-refractivity contribution is 0.402. The summed E-state index contributed by atoms with van der Waals surface area (Å²) in [6, 6.07) is 6.16. The van der Waals surface area contributed by atoms with Crippen LogP contribution in [0.5, 0.6) is 17.2 Å². The molecule has 0 saturated heterocycles. The standard InChI is InChI=1S/C13H10ClF2NO2/c1-18-13-6-12(10(16)5-11(13)17)19-7-2-3-8(14)9(15)4-7/h2-6H,17H2,1H3. The first-order chi connectivity index (χ1) is 9.01. The van der Waals surface area contributed by atoms with Gasteiger partial charge in [-0.2, -0.15) is 0 Å². The molecule has 0 unspecified atom stereocenters. The second-order valence-corrected chi connectivity index (χ2v) is 4.11. The fourth-order valence-electron chi connectivity index (χ4n) is 1.47. The SMILES string of the molecule is COc1cc(Oc2ccc(Cl)c(F)c2)c(F)cc1N. The highest BCUT2D eigenvalue weighted by molar-refractivity contribution is 6.30. The van der Waals surface area contributed by atoms with E-state index in [4.69, 9.17) is 26.8 Å². The summed E-state index contributed by atoms with van der Waals surface area (Å²) in [6.45, 7) is 0. The van der Waals surface area contributed by atoms with Crippen LogP contribution in [0.1, 0.15) is 0 Å². The minimum atomic E-state index is -0.673. The smallest absolute Gasteiger partial charge is 0.168 e. The fraction of sp³-hybridized carbons (Fsp3) is 0.0769. The third-order valence-electron chi connectivity index (χ3n) is 2.40. The Hall–Kier alpha value is -2.01. The van der Waals surface area contributed by atoms with Gasteiger partial charge in [-0.05, 0) is 12.1 Å². The summed E-state index contributed by atoms with van der Waals surface area (Å²) in [4.78, 5) is 0. The first kappa shape index (κ1) is 13.4. The molecule has 0 saturated carbocycles. The first-order valence-corrected chi connectivity index (χ1v) is 5.65. The number of nitrogen functional groups attached to an aromatic ring is 1. The van der Waals surface area contributed by atoms with E-state index in [-0.39, 0.29) is 28.0 Å².